The van der Waals surface area contributed by atoms with Gasteiger partial charge in [0, 0.05) is 0 Å². The Morgan fingerprint density at radius 1 is 1.07 bits per heavy atom. The molecule has 0 unspecified atom stereocenters. The molecule has 146 valence electrons. The maximum atomic E-state index is 13.0. The summed E-state index contributed by atoms with van der Waals surface area (Å²) in [7, 11) is 3.01. The molecule has 2 aromatic carbocycles. The van der Waals surface area contributed by atoms with Crippen LogP contribution in [0.1, 0.15) is 11.1 Å². The Morgan fingerprint density at radius 2 is 1.79 bits per heavy atom. The number of hydrogen-bond donors (Lipinski definition) is 0. The molecular weight excluding hydrogens is 411 g/mol. The molecule has 2 aromatic rings. The van der Waals surface area contributed by atoms with Crippen LogP contribution in [0.25, 0.3) is 6.08 Å². The number of alkyl halides is 3. The predicted molar refractivity (Wildman–Crippen MR) is 107 cm³/mol. The van der Waals surface area contributed by atoms with Crippen molar-refractivity contribution in [2.75, 3.05) is 19.1 Å². The molecule has 28 heavy (non-hydrogen) atoms. The van der Waals surface area contributed by atoms with E-state index < -0.39 is 17.6 Å². The highest BCUT2D eigenvalue weighted by atomic mass is 32.2. The lowest BCUT2D eigenvalue weighted by molar-refractivity contribution is -0.137. The molecule has 1 aliphatic heterocycles. The fraction of sp³-hybridized carbons (Fsp3) is 0.158. The van der Waals surface area contributed by atoms with Crippen LogP contribution in [-0.4, -0.2) is 24.4 Å². The third-order valence-electron chi connectivity index (χ3n) is 3.93. The SMILES string of the molecule is COc1ccc(/C=C2/SC(=S)N(c3cccc(C(F)(F)F)c3)C2=O)cc1OC. The number of halogens is 3. The molecule has 0 bridgehead atoms. The van der Waals surface area contributed by atoms with Crippen LogP contribution >= 0.6 is 24.0 Å². The van der Waals surface area contributed by atoms with Crippen LogP contribution in [0.15, 0.2) is 47.4 Å². The molecule has 0 atom stereocenters. The Balaban J connectivity index is 1.93. The second-order valence-electron chi connectivity index (χ2n) is 5.68. The van der Waals surface area contributed by atoms with Gasteiger partial charge >= 0.3 is 6.18 Å². The van der Waals surface area contributed by atoms with Crippen LogP contribution in [0.5, 0.6) is 11.5 Å². The normalized spacial score (nSPS) is 16.0. The lowest BCUT2D eigenvalue weighted by atomic mass is 10.1. The molecule has 0 spiro atoms. The predicted octanol–water partition coefficient (Wildman–Crippen LogP) is 5.13. The van der Waals surface area contributed by atoms with Gasteiger partial charge in [-0.2, -0.15) is 13.2 Å². The van der Waals surface area contributed by atoms with Gasteiger partial charge in [-0.15, -0.1) is 0 Å². The summed E-state index contributed by atoms with van der Waals surface area (Å²) in [5, 5.41) is 0. The largest absolute Gasteiger partial charge is 0.493 e. The Morgan fingerprint density at radius 3 is 2.43 bits per heavy atom. The Kier molecular flexibility index (Phi) is 5.66. The van der Waals surface area contributed by atoms with Gasteiger partial charge in [-0.1, -0.05) is 36.1 Å². The molecular formula is C19H14F3NO3S2. The van der Waals surface area contributed by atoms with E-state index in [4.69, 9.17) is 21.7 Å². The number of benzene rings is 2. The number of carbonyl (C=O) groups excluding carboxylic acids is 1. The lowest BCUT2D eigenvalue weighted by Crippen LogP contribution is -2.27. The van der Waals surface area contributed by atoms with Gasteiger partial charge in [0.2, 0.25) is 0 Å². The van der Waals surface area contributed by atoms with Crippen molar-refractivity contribution in [1.29, 1.82) is 0 Å². The number of methoxy groups -OCH3 is 2. The maximum Gasteiger partial charge on any atom is 0.416 e. The highest BCUT2D eigenvalue weighted by Gasteiger charge is 2.36. The average molecular weight is 425 g/mol. The Bertz CT molecular complexity index is 973. The van der Waals surface area contributed by atoms with Crippen molar-refractivity contribution >= 4 is 46.0 Å². The quantitative estimate of drug-likeness (QED) is 0.502. The van der Waals surface area contributed by atoms with Crippen LogP contribution < -0.4 is 14.4 Å². The van der Waals surface area contributed by atoms with Gasteiger partial charge in [0.15, 0.2) is 15.8 Å². The highest BCUT2D eigenvalue weighted by Crippen LogP contribution is 2.39. The number of amides is 1. The first-order valence-corrected chi connectivity index (χ1v) is 9.14. The van der Waals surface area contributed by atoms with Gasteiger partial charge in [-0.3, -0.25) is 9.69 Å². The van der Waals surface area contributed by atoms with Crippen molar-refractivity contribution in [3.8, 4) is 11.5 Å². The molecule has 1 fully saturated rings. The lowest BCUT2D eigenvalue weighted by Gasteiger charge is -2.16. The van der Waals surface area contributed by atoms with Crippen LogP contribution in [0.4, 0.5) is 18.9 Å². The number of thiocarbonyl (C=S) groups is 1. The summed E-state index contributed by atoms with van der Waals surface area (Å²) in [5.41, 5.74) is -0.0989. The van der Waals surface area contributed by atoms with E-state index >= 15 is 0 Å². The first-order chi connectivity index (χ1) is 13.2. The molecule has 0 radical (unpaired) electrons. The van der Waals surface area contributed by atoms with Crippen molar-refractivity contribution in [1.82, 2.24) is 0 Å². The van der Waals surface area contributed by atoms with Gasteiger partial charge in [0.1, 0.15) is 0 Å². The van der Waals surface area contributed by atoms with Gasteiger partial charge in [0.05, 0.1) is 30.4 Å². The van der Waals surface area contributed by atoms with Crippen molar-refractivity contribution in [2.24, 2.45) is 0 Å². The van der Waals surface area contributed by atoms with Crippen LogP contribution in [0, 0.1) is 0 Å². The second-order valence-corrected chi connectivity index (χ2v) is 7.36. The van der Waals surface area contributed by atoms with E-state index in [1.165, 1.54) is 26.4 Å². The summed E-state index contributed by atoms with van der Waals surface area (Å²) in [6.45, 7) is 0. The number of ether oxygens (including phenoxy) is 2. The fourth-order valence-corrected chi connectivity index (χ4v) is 3.90. The fourth-order valence-electron chi connectivity index (χ4n) is 2.61. The van der Waals surface area contributed by atoms with Gasteiger partial charge in [-0.25, -0.2) is 0 Å². The van der Waals surface area contributed by atoms with Gasteiger partial charge in [-0.05, 0) is 42.0 Å². The number of rotatable bonds is 4. The van der Waals surface area contributed by atoms with Crippen molar-refractivity contribution in [3.63, 3.8) is 0 Å². The van der Waals surface area contributed by atoms with E-state index in [-0.39, 0.29) is 10.0 Å². The van der Waals surface area contributed by atoms with E-state index in [1.807, 2.05) is 0 Å². The Hall–Kier alpha value is -2.52. The monoisotopic (exact) mass is 425 g/mol. The van der Waals surface area contributed by atoms with E-state index in [1.54, 1.807) is 24.3 Å². The maximum absolute atomic E-state index is 13.0. The number of carbonyl (C=O) groups is 1. The van der Waals surface area contributed by atoms with Crippen molar-refractivity contribution < 1.29 is 27.4 Å². The minimum absolute atomic E-state index is 0.0769. The molecule has 0 N–H and O–H groups in total. The summed E-state index contributed by atoms with van der Waals surface area (Å²) >= 11 is 6.24. The van der Waals surface area contributed by atoms with Crippen LogP contribution in [0.3, 0.4) is 0 Å². The van der Waals surface area contributed by atoms with Crippen molar-refractivity contribution in [2.45, 2.75) is 6.18 Å². The molecule has 3 rings (SSSR count). The van der Waals surface area contributed by atoms with E-state index in [2.05, 4.69) is 0 Å². The topological polar surface area (TPSA) is 38.8 Å². The summed E-state index contributed by atoms with van der Waals surface area (Å²) in [6.07, 6.45) is -2.90. The molecule has 1 aliphatic rings. The summed E-state index contributed by atoms with van der Waals surface area (Å²) in [6, 6.07) is 9.63. The number of nitrogens with zero attached hydrogens (tertiary/aromatic N) is 1. The second kappa shape index (κ2) is 7.84. The van der Waals surface area contributed by atoms with Crippen LogP contribution in [-0.2, 0) is 11.0 Å². The zero-order valence-electron chi connectivity index (χ0n) is 14.7. The van der Waals surface area contributed by atoms with E-state index in [0.717, 1.165) is 28.8 Å². The summed E-state index contributed by atoms with van der Waals surface area (Å²) in [5.74, 6) is 0.546. The first-order valence-electron chi connectivity index (χ1n) is 7.92. The molecule has 0 aromatic heterocycles. The minimum atomic E-state index is -4.51. The van der Waals surface area contributed by atoms with E-state index in [9.17, 15) is 18.0 Å². The molecule has 1 heterocycles. The zero-order valence-corrected chi connectivity index (χ0v) is 16.4. The molecule has 0 saturated carbocycles. The average Bonchev–Trinajstić information content (AvgIpc) is 2.94. The van der Waals surface area contributed by atoms with Crippen molar-refractivity contribution in [3.05, 3.63) is 58.5 Å². The van der Waals surface area contributed by atoms with Crippen LogP contribution in [0.2, 0.25) is 0 Å². The number of thioether (sulfide) groups is 1. The van der Waals surface area contributed by atoms with Gasteiger partial charge < -0.3 is 9.47 Å². The summed E-state index contributed by atoms with van der Waals surface area (Å²) < 4.78 is 49.5. The standard InChI is InChI=1S/C19H14F3NO3S2/c1-25-14-7-6-11(8-15(14)26-2)9-16-17(24)23(18(27)28-16)13-5-3-4-12(10-13)19(20,21)22/h3-10H,1-2H3/b16-9+. The zero-order chi connectivity index (χ0) is 20.5. The first kappa shape index (κ1) is 20.2. The minimum Gasteiger partial charge on any atom is -0.493 e. The summed E-state index contributed by atoms with van der Waals surface area (Å²) in [4.78, 5) is 14.2. The molecule has 9 heteroatoms. The third kappa shape index (κ3) is 4.00. The van der Waals surface area contributed by atoms with Gasteiger partial charge in [0.25, 0.3) is 5.91 Å². The molecule has 1 saturated heterocycles. The Labute approximate surface area is 168 Å². The van der Waals surface area contributed by atoms with E-state index in [0.29, 0.717) is 22.0 Å². The highest BCUT2D eigenvalue weighted by molar-refractivity contribution is 8.27. The third-order valence-corrected chi connectivity index (χ3v) is 5.23. The number of hydrogen-bond acceptors (Lipinski definition) is 5. The molecule has 1 amide bonds. The molecule has 0 aliphatic carbocycles. The number of anilines is 1. The smallest absolute Gasteiger partial charge is 0.416 e. The molecule has 4 nitrogen and oxygen atoms in total.